The molecule has 1 unspecified atom stereocenters. The third-order valence-corrected chi connectivity index (χ3v) is 2.05. The summed E-state index contributed by atoms with van der Waals surface area (Å²) in [5, 5.41) is 9.23. The fraction of sp³-hybridized carbons (Fsp3) is 0.900. The number of hydrogen-bond donors (Lipinski definition) is 1. The highest BCUT2D eigenvalue weighted by Gasteiger charge is 2.26. The van der Waals surface area contributed by atoms with Gasteiger partial charge in [-0.3, -0.25) is 0 Å². The molecule has 1 fully saturated rings. The van der Waals surface area contributed by atoms with Gasteiger partial charge in [0.2, 0.25) is 0 Å². The highest BCUT2D eigenvalue weighted by Crippen LogP contribution is 2.15. The molecule has 1 aliphatic heterocycles. The minimum absolute atomic E-state index is 0.00595. The number of amides is 1. The van der Waals surface area contributed by atoms with Crippen molar-refractivity contribution >= 4 is 6.09 Å². The first kappa shape index (κ1) is 11.3. The van der Waals surface area contributed by atoms with Crippen molar-refractivity contribution < 1.29 is 14.6 Å². The topological polar surface area (TPSA) is 49.8 Å². The minimum atomic E-state index is -0.378. The zero-order valence-corrected chi connectivity index (χ0v) is 9.12. The molecule has 0 saturated carbocycles. The second-order valence-corrected chi connectivity index (χ2v) is 5.00. The van der Waals surface area contributed by atoms with Gasteiger partial charge in [0.1, 0.15) is 0 Å². The van der Waals surface area contributed by atoms with Crippen LogP contribution in [-0.2, 0) is 4.74 Å². The van der Waals surface area contributed by atoms with Gasteiger partial charge >= 0.3 is 6.09 Å². The third-order valence-electron chi connectivity index (χ3n) is 2.05. The lowest BCUT2D eigenvalue weighted by molar-refractivity contribution is 0.0739. The van der Waals surface area contributed by atoms with E-state index in [1.54, 1.807) is 4.90 Å². The Balaban J connectivity index is 2.29. The van der Waals surface area contributed by atoms with E-state index in [9.17, 15) is 9.90 Å². The van der Waals surface area contributed by atoms with Gasteiger partial charge in [0, 0.05) is 13.1 Å². The molecule has 4 nitrogen and oxygen atoms in total. The molecule has 0 aliphatic carbocycles. The zero-order valence-electron chi connectivity index (χ0n) is 9.12. The van der Waals surface area contributed by atoms with Gasteiger partial charge in [0.05, 0.1) is 12.7 Å². The van der Waals surface area contributed by atoms with Crippen LogP contribution in [0.5, 0.6) is 0 Å². The Labute approximate surface area is 84.8 Å². The quantitative estimate of drug-likeness (QED) is 0.694. The van der Waals surface area contributed by atoms with E-state index in [1.807, 2.05) is 20.8 Å². The van der Waals surface area contributed by atoms with E-state index in [2.05, 4.69) is 0 Å². The maximum absolute atomic E-state index is 11.4. The number of hydrogen-bond acceptors (Lipinski definition) is 3. The Bertz CT molecular complexity index is 210. The van der Waals surface area contributed by atoms with Crippen LogP contribution in [-0.4, -0.2) is 41.9 Å². The van der Waals surface area contributed by atoms with Crippen molar-refractivity contribution in [1.82, 2.24) is 4.90 Å². The number of ether oxygens (including phenoxy) is 1. The normalized spacial score (nSPS) is 22.6. The van der Waals surface area contributed by atoms with Crippen LogP contribution >= 0.6 is 0 Å². The predicted molar refractivity (Wildman–Crippen MR) is 53.0 cm³/mol. The number of aliphatic hydroxyl groups excluding tert-OH is 1. The van der Waals surface area contributed by atoms with Crippen LogP contribution in [0.2, 0.25) is 0 Å². The average molecular weight is 201 g/mol. The molecule has 0 aromatic heterocycles. The van der Waals surface area contributed by atoms with Gasteiger partial charge in [0.25, 0.3) is 0 Å². The van der Waals surface area contributed by atoms with E-state index < -0.39 is 0 Å². The van der Waals surface area contributed by atoms with Crippen LogP contribution in [0.4, 0.5) is 4.79 Å². The number of carbonyl (C=O) groups is 1. The lowest BCUT2D eigenvalue weighted by atomic mass is 9.99. The Hall–Kier alpha value is -0.770. The summed E-state index contributed by atoms with van der Waals surface area (Å²) in [7, 11) is 0. The molecule has 1 atom stereocenters. The smallest absolute Gasteiger partial charge is 0.409 e. The van der Waals surface area contributed by atoms with E-state index in [0.29, 0.717) is 26.1 Å². The molecule has 0 bridgehead atoms. The van der Waals surface area contributed by atoms with Crippen LogP contribution in [0.15, 0.2) is 0 Å². The van der Waals surface area contributed by atoms with Gasteiger partial charge in [-0.2, -0.15) is 0 Å². The van der Waals surface area contributed by atoms with Crippen LogP contribution in [0, 0.1) is 5.41 Å². The largest absolute Gasteiger partial charge is 0.449 e. The molecular weight excluding hydrogens is 182 g/mol. The van der Waals surface area contributed by atoms with Crippen molar-refractivity contribution in [2.45, 2.75) is 33.3 Å². The minimum Gasteiger partial charge on any atom is -0.449 e. The highest BCUT2D eigenvalue weighted by molar-refractivity contribution is 5.68. The molecule has 1 saturated heterocycles. The molecule has 14 heavy (non-hydrogen) atoms. The lowest BCUT2D eigenvalue weighted by Gasteiger charge is -2.21. The highest BCUT2D eigenvalue weighted by atomic mass is 16.6. The van der Waals surface area contributed by atoms with Gasteiger partial charge in [-0.25, -0.2) is 4.79 Å². The van der Waals surface area contributed by atoms with E-state index in [-0.39, 0.29) is 17.6 Å². The lowest BCUT2D eigenvalue weighted by Crippen LogP contribution is -2.32. The molecule has 0 aromatic carbocycles. The fourth-order valence-electron chi connectivity index (χ4n) is 1.28. The summed E-state index contributed by atoms with van der Waals surface area (Å²) in [4.78, 5) is 13.0. The van der Waals surface area contributed by atoms with Gasteiger partial charge < -0.3 is 14.7 Å². The number of carbonyl (C=O) groups excluding carboxylic acids is 1. The van der Waals surface area contributed by atoms with E-state index in [0.717, 1.165) is 0 Å². The van der Waals surface area contributed by atoms with Crippen molar-refractivity contribution in [2.75, 3.05) is 19.7 Å². The monoisotopic (exact) mass is 201 g/mol. The van der Waals surface area contributed by atoms with Crippen LogP contribution < -0.4 is 0 Å². The summed E-state index contributed by atoms with van der Waals surface area (Å²) < 4.78 is 5.11. The van der Waals surface area contributed by atoms with Crippen molar-refractivity contribution in [3.05, 3.63) is 0 Å². The van der Waals surface area contributed by atoms with Crippen molar-refractivity contribution in [2.24, 2.45) is 5.41 Å². The molecule has 1 heterocycles. The summed E-state index contributed by atoms with van der Waals surface area (Å²) in [6, 6.07) is 0. The van der Waals surface area contributed by atoms with Crippen LogP contribution in [0.1, 0.15) is 27.2 Å². The molecule has 4 heteroatoms. The SMILES string of the molecule is CC(C)(C)COC(=O)N1CCC(O)C1. The van der Waals surface area contributed by atoms with Crippen LogP contribution in [0.3, 0.4) is 0 Å². The summed E-state index contributed by atoms with van der Waals surface area (Å²) in [6.07, 6.45) is -0.0291. The summed E-state index contributed by atoms with van der Waals surface area (Å²) in [6.45, 7) is 7.46. The number of likely N-dealkylation sites (tertiary alicyclic amines) is 1. The van der Waals surface area contributed by atoms with E-state index >= 15 is 0 Å². The maximum Gasteiger partial charge on any atom is 0.409 e. The zero-order chi connectivity index (χ0) is 10.8. The third kappa shape index (κ3) is 3.54. The molecule has 1 rings (SSSR count). The van der Waals surface area contributed by atoms with Gasteiger partial charge in [-0.05, 0) is 11.8 Å². The van der Waals surface area contributed by atoms with Crippen LogP contribution in [0.25, 0.3) is 0 Å². The first-order chi connectivity index (χ1) is 6.38. The summed E-state index contributed by atoms with van der Waals surface area (Å²) in [5.41, 5.74) is -0.00595. The number of β-amino-alcohol motifs (C(OH)–C–C–N with tert-alkyl or cyclic N) is 1. The number of nitrogens with zero attached hydrogens (tertiary/aromatic N) is 1. The molecular formula is C10H19NO3. The second kappa shape index (κ2) is 4.17. The first-order valence-corrected chi connectivity index (χ1v) is 4.98. The van der Waals surface area contributed by atoms with Gasteiger partial charge in [-0.15, -0.1) is 0 Å². The molecule has 0 aromatic rings. The number of aliphatic hydroxyl groups is 1. The standard InChI is InChI=1S/C10H19NO3/c1-10(2,3)7-14-9(13)11-5-4-8(12)6-11/h8,12H,4-7H2,1-3H3. The molecule has 1 aliphatic rings. The first-order valence-electron chi connectivity index (χ1n) is 4.98. The summed E-state index contributed by atoms with van der Waals surface area (Å²) >= 11 is 0. The Morgan fingerprint density at radius 3 is 2.64 bits per heavy atom. The van der Waals surface area contributed by atoms with Gasteiger partial charge in [0.15, 0.2) is 0 Å². The summed E-state index contributed by atoms with van der Waals surface area (Å²) in [5.74, 6) is 0. The van der Waals surface area contributed by atoms with Crippen molar-refractivity contribution in [3.63, 3.8) is 0 Å². The van der Waals surface area contributed by atoms with Gasteiger partial charge in [-0.1, -0.05) is 20.8 Å². The number of rotatable bonds is 1. The van der Waals surface area contributed by atoms with Crippen molar-refractivity contribution in [1.29, 1.82) is 0 Å². The Morgan fingerprint density at radius 1 is 1.57 bits per heavy atom. The average Bonchev–Trinajstić information content (AvgIpc) is 2.46. The molecule has 82 valence electrons. The maximum atomic E-state index is 11.4. The fourth-order valence-corrected chi connectivity index (χ4v) is 1.28. The van der Waals surface area contributed by atoms with E-state index in [4.69, 9.17) is 4.74 Å². The molecule has 1 amide bonds. The predicted octanol–water partition coefficient (Wildman–Crippen LogP) is 1.24. The molecule has 1 N–H and O–H groups in total. The Morgan fingerprint density at radius 2 is 2.21 bits per heavy atom. The van der Waals surface area contributed by atoms with E-state index in [1.165, 1.54) is 0 Å². The Kier molecular flexibility index (Phi) is 3.37. The molecule has 0 radical (unpaired) electrons. The molecule has 0 spiro atoms. The van der Waals surface area contributed by atoms with Crippen molar-refractivity contribution in [3.8, 4) is 0 Å². The second-order valence-electron chi connectivity index (χ2n) is 5.00.